The van der Waals surface area contributed by atoms with Gasteiger partial charge in [-0.25, -0.2) is 0 Å². The zero-order valence-electron chi connectivity index (χ0n) is 11.5. The molecular weight excluding hydrogens is 236 g/mol. The van der Waals surface area contributed by atoms with Gasteiger partial charge in [0.2, 0.25) is 5.91 Å². The molecule has 102 valence electrons. The number of rotatable bonds is 5. The number of carbonyl (C=O) groups excluding carboxylic acids is 1. The van der Waals surface area contributed by atoms with Gasteiger partial charge in [-0.15, -0.1) is 0 Å². The van der Waals surface area contributed by atoms with E-state index in [9.17, 15) is 4.79 Å². The van der Waals surface area contributed by atoms with Crippen LogP contribution in [-0.2, 0) is 24.2 Å². The first kappa shape index (κ1) is 12.7. The van der Waals surface area contributed by atoms with E-state index in [0.29, 0.717) is 6.04 Å². The summed E-state index contributed by atoms with van der Waals surface area (Å²) in [5, 5.41) is 6.34. The second-order valence-corrected chi connectivity index (χ2v) is 5.84. The van der Waals surface area contributed by atoms with E-state index < -0.39 is 0 Å². The van der Waals surface area contributed by atoms with Crippen LogP contribution in [0.25, 0.3) is 0 Å². The summed E-state index contributed by atoms with van der Waals surface area (Å²) in [6.07, 6.45) is 6.00. The molecule has 1 aromatic carbocycles. The van der Waals surface area contributed by atoms with Crippen molar-refractivity contribution in [3.63, 3.8) is 0 Å². The first-order valence-corrected chi connectivity index (χ1v) is 7.37. The molecule has 0 saturated heterocycles. The minimum Gasteiger partial charge on any atom is -0.352 e. The van der Waals surface area contributed by atoms with Crippen LogP contribution in [0.1, 0.15) is 42.9 Å². The fourth-order valence-corrected chi connectivity index (χ4v) is 2.65. The average Bonchev–Trinajstić information content (AvgIpc) is 3.10. The van der Waals surface area contributed by atoms with E-state index in [0.717, 1.165) is 19.4 Å². The van der Waals surface area contributed by atoms with Gasteiger partial charge in [0.05, 0.1) is 6.04 Å². The molecule has 0 heterocycles. The van der Waals surface area contributed by atoms with Crippen LogP contribution in [-0.4, -0.2) is 18.0 Å². The molecule has 1 aromatic rings. The standard InChI is InChI=1S/C16H22N2O/c1-11(16(19)18-15-7-8-15)17-10-12-5-6-13-3-2-4-14(13)9-12/h5-6,9,11,15,17H,2-4,7-8,10H2,1H3,(H,18,19). The van der Waals surface area contributed by atoms with Gasteiger partial charge in [-0.05, 0) is 55.7 Å². The molecule has 2 aliphatic rings. The lowest BCUT2D eigenvalue weighted by Crippen LogP contribution is -2.42. The molecule has 0 bridgehead atoms. The topological polar surface area (TPSA) is 41.1 Å². The first-order chi connectivity index (χ1) is 9.22. The highest BCUT2D eigenvalue weighted by Gasteiger charge is 2.25. The van der Waals surface area contributed by atoms with Crippen LogP contribution in [0.2, 0.25) is 0 Å². The number of benzene rings is 1. The normalized spacial score (nSPS) is 19.0. The zero-order valence-corrected chi connectivity index (χ0v) is 11.5. The van der Waals surface area contributed by atoms with E-state index in [1.54, 1.807) is 0 Å². The maximum absolute atomic E-state index is 11.8. The van der Waals surface area contributed by atoms with Gasteiger partial charge in [-0.1, -0.05) is 18.2 Å². The summed E-state index contributed by atoms with van der Waals surface area (Å²) < 4.78 is 0. The number of nitrogens with one attached hydrogen (secondary N) is 2. The second-order valence-electron chi connectivity index (χ2n) is 5.84. The third-order valence-corrected chi connectivity index (χ3v) is 4.09. The molecule has 1 atom stereocenters. The fraction of sp³-hybridized carbons (Fsp3) is 0.562. The number of amides is 1. The van der Waals surface area contributed by atoms with Gasteiger partial charge in [0.25, 0.3) is 0 Å². The second kappa shape index (κ2) is 5.33. The Kier molecular flexibility index (Phi) is 3.56. The Hall–Kier alpha value is -1.35. The number of fused-ring (bicyclic) bond motifs is 1. The van der Waals surface area contributed by atoms with Gasteiger partial charge in [0.15, 0.2) is 0 Å². The number of aryl methyl sites for hydroxylation is 2. The van der Waals surface area contributed by atoms with Gasteiger partial charge >= 0.3 is 0 Å². The molecule has 2 aliphatic carbocycles. The molecule has 1 saturated carbocycles. The van der Waals surface area contributed by atoms with Crippen molar-refractivity contribution < 1.29 is 4.79 Å². The Morgan fingerprint density at radius 2 is 2.11 bits per heavy atom. The quantitative estimate of drug-likeness (QED) is 0.847. The average molecular weight is 258 g/mol. The summed E-state index contributed by atoms with van der Waals surface area (Å²) in [6, 6.07) is 7.04. The SMILES string of the molecule is CC(NCc1ccc2c(c1)CCC2)C(=O)NC1CC1. The third kappa shape index (κ3) is 3.16. The summed E-state index contributed by atoms with van der Waals surface area (Å²) in [6.45, 7) is 2.71. The number of carbonyl (C=O) groups is 1. The van der Waals surface area contributed by atoms with Crippen molar-refractivity contribution in [3.05, 3.63) is 34.9 Å². The Morgan fingerprint density at radius 1 is 1.32 bits per heavy atom. The van der Waals surface area contributed by atoms with Crippen molar-refractivity contribution in [2.45, 2.75) is 57.7 Å². The highest BCUT2D eigenvalue weighted by atomic mass is 16.2. The molecule has 3 nitrogen and oxygen atoms in total. The Labute approximate surface area is 114 Å². The zero-order chi connectivity index (χ0) is 13.2. The summed E-state index contributed by atoms with van der Waals surface area (Å²) in [4.78, 5) is 11.8. The predicted octanol–water partition coefficient (Wildman–Crippen LogP) is 1.93. The number of hydrogen-bond acceptors (Lipinski definition) is 2. The minimum absolute atomic E-state index is 0.117. The third-order valence-electron chi connectivity index (χ3n) is 4.09. The molecule has 0 radical (unpaired) electrons. The van der Waals surface area contributed by atoms with Crippen molar-refractivity contribution in [2.75, 3.05) is 0 Å². The van der Waals surface area contributed by atoms with Crippen LogP contribution >= 0.6 is 0 Å². The van der Waals surface area contributed by atoms with E-state index in [2.05, 4.69) is 28.8 Å². The van der Waals surface area contributed by atoms with Gasteiger partial charge in [-0.3, -0.25) is 4.79 Å². The summed E-state index contributed by atoms with van der Waals surface area (Å²) in [7, 11) is 0. The fourth-order valence-electron chi connectivity index (χ4n) is 2.65. The lowest BCUT2D eigenvalue weighted by Gasteiger charge is -2.14. The van der Waals surface area contributed by atoms with Crippen molar-refractivity contribution in [2.24, 2.45) is 0 Å². The maximum atomic E-state index is 11.8. The Bertz CT molecular complexity index is 480. The van der Waals surface area contributed by atoms with E-state index >= 15 is 0 Å². The predicted molar refractivity (Wildman–Crippen MR) is 75.9 cm³/mol. The maximum Gasteiger partial charge on any atom is 0.237 e. The molecule has 0 aromatic heterocycles. The van der Waals surface area contributed by atoms with Gasteiger partial charge in [0, 0.05) is 12.6 Å². The Balaban J connectivity index is 1.52. The molecule has 2 N–H and O–H groups in total. The Morgan fingerprint density at radius 3 is 2.89 bits per heavy atom. The monoisotopic (exact) mass is 258 g/mol. The van der Waals surface area contributed by atoms with Crippen LogP contribution in [0.4, 0.5) is 0 Å². The van der Waals surface area contributed by atoms with Crippen LogP contribution in [0.5, 0.6) is 0 Å². The minimum atomic E-state index is -0.117. The molecular formula is C16H22N2O. The van der Waals surface area contributed by atoms with Crippen molar-refractivity contribution in [3.8, 4) is 0 Å². The van der Waals surface area contributed by atoms with Crippen LogP contribution < -0.4 is 10.6 Å². The summed E-state index contributed by atoms with van der Waals surface area (Å²) in [5.41, 5.74) is 4.28. The molecule has 1 unspecified atom stereocenters. The molecule has 19 heavy (non-hydrogen) atoms. The van der Waals surface area contributed by atoms with E-state index in [1.165, 1.54) is 36.0 Å². The van der Waals surface area contributed by atoms with Gasteiger partial charge in [0.1, 0.15) is 0 Å². The molecule has 0 spiro atoms. The van der Waals surface area contributed by atoms with Crippen molar-refractivity contribution >= 4 is 5.91 Å². The smallest absolute Gasteiger partial charge is 0.237 e. The van der Waals surface area contributed by atoms with E-state index in [-0.39, 0.29) is 11.9 Å². The summed E-state index contributed by atoms with van der Waals surface area (Å²) >= 11 is 0. The highest BCUT2D eigenvalue weighted by Crippen LogP contribution is 2.22. The molecule has 1 fully saturated rings. The largest absolute Gasteiger partial charge is 0.352 e. The molecule has 3 rings (SSSR count). The van der Waals surface area contributed by atoms with Crippen LogP contribution in [0.15, 0.2) is 18.2 Å². The van der Waals surface area contributed by atoms with Crippen LogP contribution in [0, 0.1) is 0 Å². The first-order valence-electron chi connectivity index (χ1n) is 7.37. The molecule has 0 aliphatic heterocycles. The molecule has 3 heteroatoms. The van der Waals surface area contributed by atoms with Crippen LogP contribution in [0.3, 0.4) is 0 Å². The van der Waals surface area contributed by atoms with Gasteiger partial charge < -0.3 is 10.6 Å². The lowest BCUT2D eigenvalue weighted by molar-refractivity contribution is -0.122. The highest BCUT2D eigenvalue weighted by molar-refractivity contribution is 5.81. The number of hydrogen-bond donors (Lipinski definition) is 2. The summed E-state index contributed by atoms with van der Waals surface area (Å²) in [5.74, 6) is 0.128. The molecule has 1 amide bonds. The van der Waals surface area contributed by atoms with E-state index in [4.69, 9.17) is 0 Å². The van der Waals surface area contributed by atoms with Crippen molar-refractivity contribution in [1.82, 2.24) is 10.6 Å². The van der Waals surface area contributed by atoms with Gasteiger partial charge in [-0.2, -0.15) is 0 Å². The van der Waals surface area contributed by atoms with Crippen molar-refractivity contribution in [1.29, 1.82) is 0 Å². The van der Waals surface area contributed by atoms with E-state index in [1.807, 2.05) is 6.92 Å². The lowest BCUT2D eigenvalue weighted by atomic mass is 10.1.